The van der Waals surface area contributed by atoms with Crippen molar-refractivity contribution in [3.63, 3.8) is 0 Å². The maximum Gasteiger partial charge on any atom is 0.137 e. The van der Waals surface area contributed by atoms with Crippen molar-refractivity contribution < 1.29 is 5.11 Å². The first-order valence-electron chi connectivity index (χ1n) is 6.06. The second-order valence-corrected chi connectivity index (χ2v) is 5.55. The molecule has 1 aliphatic heterocycles. The molecule has 1 atom stereocenters. The van der Waals surface area contributed by atoms with Crippen LogP contribution in [0, 0.1) is 5.92 Å². The van der Waals surface area contributed by atoms with E-state index in [1.54, 1.807) is 11.3 Å². The number of fused-ring (bicyclic) bond motifs is 1. The van der Waals surface area contributed by atoms with Gasteiger partial charge < -0.3 is 10.0 Å². The summed E-state index contributed by atoms with van der Waals surface area (Å²) >= 11 is 1.76. The van der Waals surface area contributed by atoms with Crippen molar-refractivity contribution in [2.24, 2.45) is 5.92 Å². The summed E-state index contributed by atoms with van der Waals surface area (Å²) in [5.41, 5.74) is 0. The first kappa shape index (κ1) is 11.0. The number of aliphatic hydroxyl groups excluding tert-OH is 1. The molecule has 17 heavy (non-hydrogen) atoms. The molecule has 1 aliphatic rings. The Hall–Kier alpha value is -1.13. The normalized spacial score (nSPS) is 21.0. The van der Waals surface area contributed by atoms with Gasteiger partial charge in [0, 0.05) is 36.0 Å². The number of hydrogen-bond donors (Lipinski definition) is 1. The van der Waals surface area contributed by atoms with E-state index in [1.165, 1.54) is 10.1 Å². The zero-order chi connectivity index (χ0) is 11.7. The highest BCUT2D eigenvalue weighted by Crippen LogP contribution is 2.30. The zero-order valence-electron chi connectivity index (χ0n) is 9.67. The molecule has 2 aromatic heterocycles. The van der Waals surface area contributed by atoms with E-state index in [4.69, 9.17) is 0 Å². The smallest absolute Gasteiger partial charge is 0.137 e. The van der Waals surface area contributed by atoms with Gasteiger partial charge in [0.15, 0.2) is 0 Å². The molecule has 90 valence electrons. The van der Waals surface area contributed by atoms with Gasteiger partial charge in [-0.25, -0.2) is 4.98 Å². The number of aromatic nitrogens is 1. The number of pyridine rings is 1. The van der Waals surface area contributed by atoms with Crippen LogP contribution in [0.4, 0.5) is 5.82 Å². The van der Waals surface area contributed by atoms with E-state index in [1.807, 2.05) is 6.20 Å². The second-order valence-electron chi connectivity index (χ2n) is 4.60. The van der Waals surface area contributed by atoms with Gasteiger partial charge in [0.05, 0.1) is 0 Å². The Morgan fingerprint density at radius 2 is 2.41 bits per heavy atom. The van der Waals surface area contributed by atoms with Gasteiger partial charge in [-0.3, -0.25) is 0 Å². The Balaban J connectivity index is 1.94. The molecule has 3 rings (SSSR count). The molecule has 0 aromatic carbocycles. The fourth-order valence-electron chi connectivity index (χ4n) is 2.54. The maximum absolute atomic E-state index is 9.28. The Labute approximate surface area is 105 Å². The zero-order valence-corrected chi connectivity index (χ0v) is 10.5. The summed E-state index contributed by atoms with van der Waals surface area (Å²) < 4.78 is 1.29. The number of rotatable bonds is 2. The van der Waals surface area contributed by atoms with Crippen LogP contribution in [-0.4, -0.2) is 29.8 Å². The van der Waals surface area contributed by atoms with Crippen LogP contribution in [0.1, 0.15) is 12.8 Å². The molecule has 1 fully saturated rings. The lowest BCUT2D eigenvalue weighted by molar-refractivity contribution is 0.208. The Morgan fingerprint density at radius 1 is 1.47 bits per heavy atom. The van der Waals surface area contributed by atoms with Crippen molar-refractivity contribution in [1.29, 1.82) is 0 Å². The molecule has 1 saturated heterocycles. The number of nitrogens with zero attached hydrogens (tertiary/aromatic N) is 2. The molecule has 1 unspecified atom stereocenters. The number of aliphatic hydroxyl groups is 1. The van der Waals surface area contributed by atoms with E-state index >= 15 is 0 Å². The van der Waals surface area contributed by atoms with Gasteiger partial charge in [0.1, 0.15) is 5.82 Å². The van der Waals surface area contributed by atoms with Crippen LogP contribution in [0.25, 0.3) is 10.1 Å². The summed E-state index contributed by atoms with van der Waals surface area (Å²) in [5.74, 6) is 1.49. The minimum Gasteiger partial charge on any atom is -0.396 e. The van der Waals surface area contributed by atoms with Gasteiger partial charge in [-0.1, -0.05) is 0 Å². The maximum atomic E-state index is 9.28. The molecule has 1 N–H and O–H groups in total. The highest BCUT2D eigenvalue weighted by atomic mass is 32.1. The third kappa shape index (κ3) is 2.03. The van der Waals surface area contributed by atoms with Gasteiger partial charge in [-0.05, 0) is 36.3 Å². The lowest BCUT2D eigenvalue weighted by Crippen LogP contribution is -2.37. The molecule has 3 heterocycles. The van der Waals surface area contributed by atoms with Crippen LogP contribution in [0.5, 0.6) is 0 Å². The predicted octanol–water partition coefficient (Wildman–Crippen LogP) is 2.51. The Bertz CT molecular complexity index is 511. The molecule has 0 amide bonds. The summed E-state index contributed by atoms with van der Waals surface area (Å²) in [6.45, 7) is 2.27. The standard InChI is InChI=1S/C13H16N2OS/c16-9-10-2-1-6-15(8-10)13-11-4-7-17-12(11)3-5-14-13/h3-5,7,10,16H,1-2,6,8-9H2. The molecular formula is C13H16N2OS. The van der Waals surface area contributed by atoms with E-state index in [0.29, 0.717) is 5.92 Å². The number of anilines is 1. The van der Waals surface area contributed by atoms with Crippen LogP contribution in [-0.2, 0) is 0 Å². The molecule has 0 saturated carbocycles. The topological polar surface area (TPSA) is 36.4 Å². The SMILES string of the molecule is OCC1CCCN(c2nccc3sccc23)C1. The van der Waals surface area contributed by atoms with E-state index in [-0.39, 0.29) is 6.61 Å². The van der Waals surface area contributed by atoms with E-state index < -0.39 is 0 Å². The first-order valence-corrected chi connectivity index (χ1v) is 6.94. The Morgan fingerprint density at radius 3 is 3.29 bits per heavy atom. The molecule has 0 aliphatic carbocycles. The van der Waals surface area contributed by atoms with Crippen molar-refractivity contribution in [3.05, 3.63) is 23.7 Å². The van der Waals surface area contributed by atoms with Crippen LogP contribution < -0.4 is 4.90 Å². The summed E-state index contributed by atoms with van der Waals surface area (Å²) in [5, 5.41) is 12.6. The van der Waals surface area contributed by atoms with Crippen LogP contribution in [0.15, 0.2) is 23.7 Å². The van der Waals surface area contributed by atoms with Crippen molar-refractivity contribution in [2.75, 3.05) is 24.6 Å². The molecule has 2 aromatic rings. The third-order valence-electron chi connectivity index (χ3n) is 3.44. The fourth-order valence-corrected chi connectivity index (χ4v) is 3.31. The summed E-state index contributed by atoms with van der Waals surface area (Å²) in [7, 11) is 0. The molecule has 0 radical (unpaired) electrons. The van der Waals surface area contributed by atoms with Gasteiger partial charge in [-0.2, -0.15) is 0 Å². The van der Waals surface area contributed by atoms with Gasteiger partial charge in [0.25, 0.3) is 0 Å². The number of thiophene rings is 1. The van der Waals surface area contributed by atoms with E-state index in [9.17, 15) is 5.11 Å². The fraction of sp³-hybridized carbons (Fsp3) is 0.462. The van der Waals surface area contributed by atoms with Crippen LogP contribution >= 0.6 is 11.3 Å². The summed E-state index contributed by atoms with van der Waals surface area (Å²) in [6.07, 6.45) is 4.16. The van der Waals surface area contributed by atoms with Gasteiger partial charge >= 0.3 is 0 Å². The highest BCUT2D eigenvalue weighted by Gasteiger charge is 2.21. The lowest BCUT2D eigenvalue weighted by Gasteiger charge is -2.33. The van der Waals surface area contributed by atoms with Crippen molar-refractivity contribution >= 4 is 27.2 Å². The average molecular weight is 248 g/mol. The summed E-state index contributed by atoms with van der Waals surface area (Å²) in [6, 6.07) is 4.21. The van der Waals surface area contributed by atoms with E-state index in [2.05, 4.69) is 27.4 Å². The minimum absolute atomic E-state index is 0.288. The van der Waals surface area contributed by atoms with Crippen LogP contribution in [0.2, 0.25) is 0 Å². The summed E-state index contributed by atoms with van der Waals surface area (Å²) in [4.78, 5) is 6.84. The van der Waals surface area contributed by atoms with Crippen molar-refractivity contribution in [2.45, 2.75) is 12.8 Å². The second kappa shape index (κ2) is 4.63. The van der Waals surface area contributed by atoms with Gasteiger partial charge in [-0.15, -0.1) is 11.3 Å². The molecule has 4 heteroatoms. The van der Waals surface area contributed by atoms with Crippen molar-refractivity contribution in [1.82, 2.24) is 4.98 Å². The largest absolute Gasteiger partial charge is 0.396 e. The quantitative estimate of drug-likeness (QED) is 0.887. The molecule has 3 nitrogen and oxygen atoms in total. The van der Waals surface area contributed by atoms with E-state index in [0.717, 1.165) is 31.7 Å². The van der Waals surface area contributed by atoms with Gasteiger partial charge in [0.2, 0.25) is 0 Å². The van der Waals surface area contributed by atoms with Crippen molar-refractivity contribution in [3.8, 4) is 0 Å². The molecular weight excluding hydrogens is 232 g/mol. The molecule has 0 spiro atoms. The lowest BCUT2D eigenvalue weighted by atomic mass is 9.99. The first-order chi connectivity index (χ1) is 8.38. The number of piperidine rings is 1. The minimum atomic E-state index is 0.288. The molecule has 0 bridgehead atoms. The highest BCUT2D eigenvalue weighted by molar-refractivity contribution is 7.17. The number of hydrogen-bond acceptors (Lipinski definition) is 4. The van der Waals surface area contributed by atoms with Crippen LogP contribution in [0.3, 0.4) is 0 Å². The predicted molar refractivity (Wildman–Crippen MR) is 71.6 cm³/mol. The monoisotopic (exact) mass is 248 g/mol. The third-order valence-corrected chi connectivity index (χ3v) is 4.32. The Kier molecular flexibility index (Phi) is 2.99. The average Bonchev–Trinajstić information content (AvgIpc) is 2.87.